The number of benzene rings is 2. The van der Waals surface area contributed by atoms with E-state index in [9.17, 15) is 14.7 Å². The lowest BCUT2D eigenvalue weighted by atomic mass is 9.77. The smallest absolute Gasteiger partial charge is 0.338 e. The molecule has 0 saturated heterocycles. The molecule has 0 aliphatic rings. The summed E-state index contributed by atoms with van der Waals surface area (Å²) in [5.41, 5.74) is -0.476. The van der Waals surface area contributed by atoms with Gasteiger partial charge in [0, 0.05) is 11.1 Å². The molecule has 0 saturated carbocycles. The van der Waals surface area contributed by atoms with Crippen molar-refractivity contribution in [2.45, 2.75) is 39.2 Å². The first-order valence-corrected chi connectivity index (χ1v) is 8.85. The first-order valence-electron chi connectivity index (χ1n) is 8.85. The molecule has 5 heteroatoms. The molecule has 2 aromatic carbocycles. The molecule has 0 spiro atoms. The van der Waals surface area contributed by atoms with Crippen LogP contribution >= 0.6 is 0 Å². The maximum atomic E-state index is 12.5. The molecule has 0 radical (unpaired) electrons. The van der Waals surface area contributed by atoms with Gasteiger partial charge in [0.1, 0.15) is 0 Å². The monoisotopic (exact) mass is 369 g/mol. The zero-order chi connectivity index (χ0) is 20.2. The van der Waals surface area contributed by atoms with E-state index in [2.05, 4.69) is 5.32 Å². The van der Waals surface area contributed by atoms with Crippen LogP contribution < -0.4 is 5.32 Å². The molecule has 0 fully saturated rings. The molecule has 5 nitrogen and oxygen atoms in total. The normalized spacial score (nSPS) is 14.7. The Morgan fingerprint density at radius 2 is 1.52 bits per heavy atom. The molecule has 1 amide bonds. The van der Waals surface area contributed by atoms with Gasteiger partial charge < -0.3 is 15.2 Å². The molecule has 2 rings (SSSR count). The van der Waals surface area contributed by atoms with Crippen molar-refractivity contribution in [3.05, 3.63) is 65.7 Å². The van der Waals surface area contributed by atoms with Crippen molar-refractivity contribution >= 4 is 17.6 Å². The van der Waals surface area contributed by atoms with Gasteiger partial charge in [0.05, 0.1) is 13.0 Å². The van der Waals surface area contributed by atoms with Crippen LogP contribution in [0.1, 0.15) is 44.7 Å². The summed E-state index contributed by atoms with van der Waals surface area (Å²) in [5.74, 6) is -1.62. The van der Waals surface area contributed by atoms with Gasteiger partial charge in [-0.1, -0.05) is 69.3 Å². The second-order valence-corrected chi connectivity index (χ2v) is 7.77. The van der Waals surface area contributed by atoms with E-state index in [1.165, 1.54) is 14.0 Å². The molecular formula is C22H27NO4. The Kier molecular flexibility index (Phi) is 6.06. The molecular weight excluding hydrogens is 342 g/mol. The zero-order valence-electron chi connectivity index (χ0n) is 16.4. The topological polar surface area (TPSA) is 75.6 Å². The van der Waals surface area contributed by atoms with E-state index in [-0.39, 0.29) is 5.91 Å². The molecule has 0 aliphatic carbocycles. The minimum absolute atomic E-state index is 0.153. The molecule has 2 N–H and O–H groups in total. The number of carbonyl (C=O) groups excluding carboxylic acids is 2. The number of anilines is 1. The minimum atomic E-state index is -1.82. The van der Waals surface area contributed by atoms with E-state index in [0.717, 1.165) is 5.56 Å². The number of hydrogen-bond donors (Lipinski definition) is 2. The number of rotatable bonds is 5. The lowest BCUT2D eigenvalue weighted by Crippen LogP contribution is -2.43. The van der Waals surface area contributed by atoms with E-state index in [1.54, 1.807) is 18.2 Å². The Morgan fingerprint density at radius 1 is 0.963 bits per heavy atom. The fourth-order valence-corrected chi connectivity index (χ4v) is 2.95. The average Bonchev–Trinajstić information content (AvgIpc) is 2.62. The van der Waals surface area contributed by atoms with Crippen LogP contribution in [0.4, 0.5) is 5.69 Å². The van der Waals surface area contributed by atoms with Crippen LogP contribution in [0.5, 0.6) is 0 Å². The first kappa shape index (κ1) is 20.6. The van der Waals surface area contributed by atoms with Crippen LogP contribution in [0, 0.1) is 5.41 Å². The van der Waals surface area contributed by atoms with Crippen molar-refractivity contribution in [1.29, 1.82) is 0 Å². The van der Waals surface area contributed by atoms with Crippen LogP contribution in [0.2, 0.25) is 0 Å². The third-order valence-electron chi connectivity index (χ3n) is 4.49. The average molecular weight is 369 g/mol. The molecule has 0 heterocycles. The Hall–Kier alpha value is -2.66. The highest BCUT2D eigenvalue weighted by molar-refractivity contribution is 5.95. The summed E-state index contributed by atoms with van der Waals surface area (Å²) in [6, 6.07) is 16.4. The number of amides is 1. The molecule has 0 unspecified atom stereocenters. The summed E-state index contributed by atoms with van der Waals surface area (Å²) in [4.78, 5) is 24.9. The van der Waals surface area contributed by atoms with Gasteiger partial charge in [0.2, 0.25) is 5.91 Å². The van der Waals surface area contributed by atoms with Gasteiger partial charge >= 0.3 is 5.97 Å². The maximum Gasteiger partial charge on any atom is 0.338 e. The minimum Gasteiger partial charge on any atom is -0.467 e. The van der Waals surface area contributed by atoms with Crippen molar-refractivity contribution < 1.29 is 19.4 Å². The summed E-state index contributed by atoms with van der Waals surface area (Å²) >= 11 is 0. The van der Waals surface area contributed by atoms with Gasteiger partial charge in [-0.2, -0.15) is 0 Å². The van der Waals surface area contributed by atoms with Crippen LogP contribution in [0.3, 0.4) is 0 Å². The van der Waals surface area contributed by atoms with Crippen LogP contribution in [0.25, 0.3) is 0 Å². The Labute approximate surface area is 160 Å². The van der Waals surface area contributed by atoms with Gasteiger partial charge in [0.15, 0.2) is 5.60 Å². The highest BCUT2D eigenvalue weighted by Crippen LogP contribution is 2.39. The first-order chi connectivity index (χ1) is 12.6. The van der Waals surface area contributed by atoms with Crippen molar-refractivity contribution in [1.82, 2.24) is 0 Å². The molecule has 0 aliphatic heterocycles. The third-order valence-corrected chi connectivity index (χ3v) is 4.49. The van der Waals surface area contributed by atoms with E-state index < -0.39 is 22.9 Å². The Morgan fingerprint density at radius 3 is 2.07 bits per heavy atom. The quantitative estimate of drug-likeness (QED) is 0.788. The van der Waals surface area contributed by atoms with E-state index in [4.69, 9.17) is 4.74 Å². The van der Waals surface area contributed by atoms with Crippen LogP contribution in [-0.2, 0) is 14.3 Å². The van der Waals surface area contributed by atoms with Gasteiger partial charge in [-0.15, -0.1) is 0 Å². The molecule has 144 valence electrons. The summed E-state index contributed by atoms with van der Waals surface area (Å²) in [6.07, 6.45) is 0. The number of aliphatic hydroxyl groups is 1. The number of ether oxygens (including phenoxy) is 1. The number of hydrogen-bond acceptors (Lipinski definition) is 4. The highest BCUT2D eigenvalue weighted by Gasteiger charge is 2.43. The molecule has 27 heavy (non-hydrogen) atoms. The fourth-order valence-electron chi connectivity index (χ4n) is 2.95. The molecule has 2 atom stereocenters. The summed E-state index contributed by atoms with van der Waals surface area (Å²) in [7, 11) is 1.24. The van der Waals surface area contributed by atoms with Crippen molar-refractivity contribution in [3.8, 4) is 0 Å². The van der Waals surface area contributed by atoms with E-state index in [0.29, 0.717) is 11.3 Å². The number of methoxy groups -OCH3 is 1. The number of para-hydroxylation sites is 1. The molecule has 0 aromatic heterocycles. The fraction of sp³-hybridized carbons (Fsp3) is 0.364. The van der Waals surface area contributed by atoms with Crippen LogP contribution in [0.15, 0.2) is 54.6 Å². The van der Waals surface area contributed by atoms with Crippen molar-refractivity contribution in [2.75, 3.05) is 12.4 Å². The molecule has 2 aromatic rings. The van der Waals surface area contributed by atoms with Crippen molar-refractivity contribution in [3.63, 3.8) is 0 Å². The van der Waals surface area contributed by atoms with E-state index in [1.807, 2.05) is 57.2 Å². The van der Waals surface area contributed by atoms with Crippen LogP contribution in [-0.4, -0.2) is 29.7 Å². The Balaban J connectivity index is 2.61. The Bertz CT molecular complexity index is 807. The maximum absolute atomic E-state index is 12.5. The van der Waals surface area contributed by atoms with Gasteiger partial charge in [-0.3, -0.25) is 4.79 Å². The summed E-state index contributed by atoms with van der Waals surface area (Å²) < 4.78 is 4.84. The standard InChI is InChI=1S/C22H27NO4/c1-21(2,3)19(24)23-17-14-10-9-13-16(17)18(15-11-7-6-8-12-15)22(4,26)20(25)27-5/h6-14,18,26H,1-5H3,(H,23,24)/t18-,22-/m0/s1. The largest absolute Gasteiger partial charge is 0.467 e. The lowest BCUT2D eigenvalue weighted by Gasteiger charge is -2.33. The second kappa shape index (κ2) is 7.92. The predicted molar refractivity (Wildman–Crippen MR) is 105 cm³/mol. The van der Waals surface area contributed by atoms with Crippen molar-refractivity contribution in [2.24, 2.45) is 5.41 Å². The predicted octanol–water partition coefficient (Wildman–Crippen LogP) is 3.73. The SMILES string of the molecule is COC(=O)[C@@](C)(O)[C@@H](c1ccccc1)c1ccccc1NC(=O)C(C)(C)C. The van der Waals surface area contributed by atoms with E-state index >= 15 is 0 Å². The van der Waals surface area contributed by atoms with Gasteiger partial charge in [-0.25, -0.2) is 4.79 Å². The lowest BCUT2D eigenvalue weighted by molar-refractivity contribution is -0.161. The van der Waals surface area contributed by atoms with Gasteiger partial charge in [0.25, 0.3) is 0 Å². The summed E-state index contributed by atoms with van der Waals surface area (Å²) in [5, 5.41) is 14.0. The third kappa shape index (κ3) is 4.55. The highest BCUT2D eigenvalue weighted by atomic mass is 16.5. The number of esters is 1. The second-order valence-electron chi connectivity index (χ2n) is 7.77. The zero-order valence-corrected chi connectivity index (χ0v) is 16.4. The number of carbonyl (C=O) groups is 2. The summed E-state index contributed by atoms with van der Waals surface area (Å²) in [6.45, 7) is 6.90. The molecule has 0 bridgehead atoms. The number of nitrogens with one attached hydrogen (secondary N) is 1. The van der Waals surface area contributed by atoms with Gasteiger partial charge in [-0.05, 0) is 24.1 Å².